The van der Waals surface area contributed by atoms with Gasteiger partial charge < -0.3 is 9.84 Å². The first-order valence-corrected chi connectivity index (χ1v) is 7.74. The van der Waals surface area contributed by atoms with E-state index in [4.69, 9.17) is 4.74 Å². The second kappa shape index (κ2) is 7.12. The summed E-state index contributed by atoms with van der Waals surface area (Å²) in [6, 6.07) is 25.9. The van der Waals surface area contributed by atoms with E-state index in [0.717, 1.165) is 28.0 Å². The number of para-hydroxylation sites is 1. The molecule has 0 amide bonds. The molecule has 0 radical (unpaired) electrons. The summed E-state index contributed by atoms with van der Waals surface area (Å²) >= 11 is 0. The minimum absolute atomic E-state index is 0.522. The summed E-state index contributed by atoms with van der Waals surface area (Å²) in [5, 5.41) is 10.5. The number of benzene rings is 3. The van der Waals surface area contributed by atoms with E-state index in [2.05, 4.69) is 12.1 Å². The highest BCUT2D eigenvalue weighted by Crippen LogP contribution is 2.35. The van der Waals surface area contributed by atoms with Crippen LogP contribution in [0.25, 0.3) is 11.1 Å². The normalized spacial score (nSPS) is 11.9. The smallest absolute Gasteiger partial charge is 0.129 e. The third-order valence-electron chi connectivity index (χ3n) is 3.98. The van der Waals surface area contributed by atoms with Crippen LogP contribution in [-0.4, -0.2) is 12.2 Å². The Morgan fingerprint density at radius 3 is 2.13 bits per heavy atom. The average Bonchev–Trinajstić information content (AvgIpc) is 2.63. The van der Waals surface area contributed by atoms with Gasteiger partial charge in [-0.3, -0.25) is 0 Å². The second-order valence-electron chi connectivity index (χ2n) is 5.49. The highest BCUT2D eigenvalue weighted by molar-refractivity contribution is 5.72. The van der Waals surface area contributed by atoms with Crippen molar-refractivity contribution in [3.63, 3.8) is 0 Å². The van der Waals surface area contributed by atoms with Crippen LogP contribution in [0.1, 0.15) is 17.2 Å². The van der Waals surface area contributed by atoms with E-state index in [1.54, 1.807) is 7.11 Å². The van der Waals surface area contributed by atoms with Crippen LogP contribution in [0, 0.1) is 0 Å². The van der Waals surface area contributed by atoms with Gasteiger partial charge in [0.05, 0.1) is 13.2 Å². The summed E-state index contributed by atoms with van der Waals surface area (Å²) in [7, 11) is 1.68. The maximum atomic E-state index is 10.5. The lowest BCUT2D eigenvalue weighted by molar-refractivity contribution is 0.177. The highest BCUT2D eigenvalue weighted by Gasteiger charge is 2.15. The van der Waals surface area contributed by atoms with Crippen LogP contribution in [0.5, 0.6) is 5.75 Å². The van der Waals surface area contributed by atoms with Crippen LogP contribution >= 0.6 is 0 Å². The molecule has 0 aromatic heterocycles. The monoisotopic (exact) mass is 304 g/mol. The number of aliphatic hydroxyl groups is 1. The third kappa shape index (κ3) is 3.43. The Morgan fingerprint density at radius 1 is 0.826 bits per heavy atom. The fourth-order valence-corrected chi connectivity index (χ4v) is 2.83. The number of methoxy groups -OCH3 is 1. The predicted octanol–water partition coefficient (Wildman–Crippen LogP) is 4.64. The van der Waals surface area contributed by atoms with Gasteiger partial charge in [-0.15, -0.1) is 0 Å². The fraction of sp³-hybridized carbons (Fsp3) is 0.143. The van der Waals surface area contributed by atoms with Crippen molar-refractivity contribution in [2.75, 3.05) is 7.11 Å². The summed E-state index contributed by atoms with van der Waals surface area (Å²) in [6.45, 7) is 0. The van der Waals surface area contributed by atoms with Crippen molar-refractivity contribution in [1.82, 2.24) is 0 Å². The molecule has 1 N–H and O–H groups in total. The van der Waals surface area contributed by atoms with E-state index in [1.165, 1.54) is 0 Å². The first-order valence-electron chi connectivity index (χ1n) is 7.74. The van der Waals surface area contributed by atoms with E-state index in [0.29, 0.717) is 6.42 Å². The molecule has 0 fully saturated rings. The van der Waals surface area contributed by atoms with Gasteiger partial charge in [-0.25, -0.2) is 0 Å². The maximum Gasteiger partial charge on any atom is 0.129 e. The van der Waals surface area contributed by atoms with Gasteiger partial charge >= 0.3 is 0 Å². The molecular formula is C21H20O2. The van der Waals surface area contributed by atoms with Crippen LogP contribution in [0.2, 0.25) is 0 Å². The summed E-state index contributed by atoms with van der Waals surface area (Å²) in [6.07, 6.45) is -0.0236. The minimum atomic E-state index is -0.545. The Balaban J connectivity index is 1.94. The lowest BCUT2D eigenvalue weighted by Gasteiger charge is -2.17. The maximum absolute atomic E-state index is 10.5. The van der Waals surface area contributed by atoms with Crippen molar-refractivity contribution in [3.05, 3.63) is 90.0 Å². The molecule has 2 nitrogen and oxygen atoms in total. The molecule has 116 valence electrons. The molecule has 23 heavy (non-hydrogen) atoms. The Labute approximate surface area is 137 Å². The van der Waals surface area contributed by atoms with Gasteiger partial charge in [0.15, 0.2) is 0 Å². The zero-order chi connectivity index (χ0) is 16.1. The molecule has 0 aliphatic carbocycles. The van der Waals surface area contributed by atoms with Crippen LogP contribution in [-0.2, 0) is 6.42 Å². The lowest BCUT2D eigenvalue weighted by atomic mass is 9.96. The van der Waals surface area contributed by atoms with Crippen molar-refractivity contribution >= 4 is 0 Å². The zero-order valence-corrected chi connectivity index (χ0v) is 13.1. The molecule has 3 aromatic rings. The summed E-state index contributed by atoms with van der Waals surface area (Å²) in [5.41, 5.74) is 4.08. The quantitative estimate of drug-likeness (QED) is 0.744. The van der Waals surface area contributed by atoms with Crippen LogP contribution in [0.15, 0.2) is 78.9 Å². The molecule has 2 heteroatoms. The molecule has 0 aliphatic heterocycles. The molecule has 0 spiro atoms. The molecule has 0 aliphatic rings. The minimum Gasteiger partial charge on any atom is -0.496 e. The molecule has 1 atom stereocenters. The lowest BCUT2D eigenvalue weighted by Crippen LogP contribution is -2.04. The van der Waals surface area contributed by atoms with Crippen molar-refractivity contribution in [1.29, 1.82) is 0 Å². The Kier molecular flexibility index (Phi) is 4.74. The van der Waals surface area contributed by atoms with Crippen LogP contribution in [0.3, 0.4) is 0 Å². The van der Waals surface area contributed by atoms with Gasteiger partial charge in [0, 0.05) is 12.0 Å². The first-order chi connectivity index (χ1) is 11.3. The van der Waals surface area contributed by atoms with Crippen molar-refractivity contribution < 1.29 is 9.84 Å². The Hall–Kier alpha value is -2.58. The molecule has 0 saturated heterocycles. The van der Waals surface area contributed by atoms with Crippen molar-refractivity contribution in [2.24, 2.45) is 0 Å². The zero-order valence-electron chi connectivity index (χ0n) is 13.1. The number of rotatable bonds is 5. The molecular weight excluding hydrogens is 284 g/mol. The van der Waals surface area contributed by atoms with Gasteiger partial charge in [0.25, 0.3) is 0 Å². The van der Waals surface area contributed by atoms with Gasteiger partial charge in [-0.2, -0.15) is 0 Å². The van der Waals surface area contributed by atoms with Crippen molar-refractivity contribution in [3.8, 4) is 16.9 Å². The van der Waals surface area contributed by atoms with Crippen molar-refractivity contribution in [2.45, 2.75) is 12.5 Å². The fourth-order valence-electron chi connectivity index (χ4n) is 2.83. The van der Waals surface area contributed by atoms with Crippen LogP contribution < -0.4 is 4.74 Å². The summed E-state index contributed by atoms with van der Waals surface area (Å²) in [4.78, 5) is 0. The van der Waals surface area contributed by atoms with E-state index < -0.39 is 6.10 Å². The summed E-state index contributed by atoms with van der Waals surface area (Å²) < 4.78 is 5.66. The average molecular weight is 304 g/mol. The first kappa shape index (κ1) is 15.3. The molecule has 0 bridgehead atoms. The third-order valence-corrected chi connectivity index (χ3v) is 3.98. The predicted molar refractivity (Wildman–Crippen MR) is 93.5 cm³/mol. The van der Waals surface area contributed by atoms with Crippen LogP contribution in [0.4, 0.5) is 0 Å². The second-order valence-corrected chi connectivity index (χ2v) is 5.49. The molecule has 1 unspecified atom stereocenters. The van der Waals surface area contributed by atoms with Gasteiger partial charge in [0.1, 0.15) is 5.75 Å². The van der Waals surface area contributed by atoms with Gasteiger partial charge in [-0.1, -0.05) is 78.9 Å². The number of hydrogen-bond acceptors (Lipinski definition) is 2. The topological polar surface area (TPSA) is 29.5 Å². The van der Waals surface area contributed by atoms with Gasteiger partial charge in [0.2, 0.25) is 0 Å². The number of hydrogen-bond donors (Lipinski definition) is 1. The Bertz CT molecular complexity index is 751. The van der Waals surface area contributed by atoms with E-state index in [9.17, 15) is 5.11 Å². The van der Waals surface area contributed by atoms with E-state index >= 15 is 0 Å². The number of ether oxygens (including phenoxy) is 1. The van der Waals surface area contributed by atoms with Gasteiger partial charge in [-0.05, 0) is 16.7 Å². The van der Waals surface area contributed by atoms with E-state index in [-0.39, 0.29) is 0 Å². The highest BCUT2D eigenvalue weighted by atomic mass is 16.5. The SMILES string of the molecule is COc1c(CC(O)c2ccccc2)cccc1-c1ccccc1. The molecule has 0 saturated carbocycles. The standard InChI is InChI=1S/C21H20O2/c1-23-21-18(15-20(22)17-11-6-3-7-12-17)13-8-14-19(21)16-9-4-2-5-10-16/h2-14,20,22H,15H2,1H3. The van der Waals surface area contributed by atoms with E-state index in [1.807, 2.05) is 66.7 Å². The molecule has 3 aromatic carbocycles. The molecule has 0 heterocycles. The summed E-state index contributed by atoms with van der Waals surface area (Å²) in [5.74, 6) is 0.827. The Morgan fingerprint density at radius 2 is 1.48 bits per heavy atom. The largest absolute Gasteiger partial charge is 0.496 e. The number of aliphatic hydroxyl groups excluding tert-OH is 1. The molecule has 3 rings (SSSR count).